The molecule has 1 aliphatic carbocycles. The van der Waals surface area contributed by atoms with Crippen molar-refractivity contribution < 1.29 is 5.11 Å². The second kappa shape index (κ2) is 4.50. The van der Waals surface area contributed by atoms with Crippen LogP contribution in [0.15, 0.2) is 48.5 Å². The van der Waals surface area contributed by atoms with E-state index in [1.54, 1.807) is 0 Å². The van der Waals surface area contributed by atoms with E-state index in [1.165, 1.54) is 21.9 Å². The Morgan fingerprint density at radius 3 is 2.58 bits per heavy atom. The lowest BCUT2D eigenvalue weighted by Crippen LogP contribution is -2.24. The van der Waals surface area contributed by atoms with Gasteiger partial charge in [-0.25, -0.2) is 0 Å². The molecule has 0 spiro atoms. The molecule has 1 heteroatoms. The summed E-state index contributed by atoms with van der Waals surface area (Å²) in [5, 5.41) is 12.6. The zero-order chi connectivity index (χ0) is 13.5. The van der Waals surface area contributed by atoms with Crippen LogP contribution in [-0.2, 0) is 0 Å². The minimum atomic E-state index is -0.322. The topological polar surface area (TPSA) is 20.2 Å². The van der Waals surface area contributed by atoms with Crippen LogP contribution in [0.5, 0.6) is 0 Å². The molecule has 0 radical (unpaired) electrons. The molecule has 0 amide bonds. The number of fused-ring (bicyclic) bond motifs is 1. The lowest BCUT2D eigenvalue weighted by atomic mass is 9.74. The second-order valence-electron chi connectivity index (χ2n) is 6.33. The average molecular weight is 252 g/mol. The summed E-state index contributed by atoms with van der Waals surface area (Å²) in [5.41, 5.74) is 2.71. The van der Waals surface area contributed by atoms with Crippen molar-refractivity contribution in [3.8, 4) is 0 Å². The third-order valence-electron chi connectivity index (χ3n) is 3.96. The second-order valence-corrected chi connectivity index (χ2v) is 6.33. The molecular weight excluding hydrogens is 232 g/mol. The molecule has 1 atom stereocenters. The van der Waals surface area contributed by atoms with Gasteiger partial charge < -0.3 is 5.11 Å². The van der Waals surface area contributed by atoms with Gasteiger partial charge in [0.1, 0.15) is 0 Å². The maximum atomic E-state index is 10.1. The average Bonchev–Trinajstić information content (AvgIpc) is 2.35. The molecule has 0 fully saturated rings. The van der Waals surface area contributed by atoms with Gasteiger partial charge in [-0.15, -0.1) is 0 Å². The first-order chi connectivity index (χ1) is 9.05. The number of hydrogen-bond acceptors (Lipinski definition) is 1. The largest absolute Gasteiger partial charge is 0.389 e. The van der Waals surface area contributed by atoms with E-state index in [2.05, 4.69) is 56.3 Å². The Morgan fingerprint density at radius 2 is 1.79 bits per heavy atom. The van der Waals surface area contributed by atoms with Gasteiger partial charge in [-0.1, -0.05) is 62.4 Å². The molecule has 0 aromatic heterocycles. The summed E-state index contributed by atoms with van der Waals surface area (Å²) in [4.78, 5) is 0. The molecule has 0 heterocycles. The van der Waals surface area contributed by atoms with Crippen LogP contribution in [-0.4, -0.2) is 11.2 Å². The maximum absolute atomic E-state index is 10.1. The van der Waals surface area contributed by atoms with E-state index in [4.69, 9.17) is 0 Å². The maximum Gasteiger partial charge on any atom is 0.0732 e. The zero-order valence-electron chi connectivity index (χ0n) is 11.6. The third kappa shape index (κ3) is 2.43. The minimum absolute atomic E-state index is 0.167. The van der Waals surface area contributed by atoms with Crippen LogP contribution in [0.4, 0.5) is 0 Å². The molecule has 2 aromatic rings. The van der Waals surface area contributed by atoms with Gasteiger partial charge in [-0.05, 0) is 40.2 Å². The van der Waals surface area contributed by atoms with Gasteiger partial charge in [0.05, 0.1) is 6.10 Å². The first-order valence-electron chi connectivity index (χ1n) is 6.92. The molecule has 0 saturated carbocycles. The van der Waals surface area contributed by atoms with Gasteiger partial charge in [0.25, 0.3) is 0 Å². The molecule has 19 heavy (non-hydrogen) atoms. The Morgan fingerprint density at radius 1 is 1.05 bits per heavy atom. The van der Waals surface area contributed by atoms with Gasteiger partial charge >= 0.3 is 0 Å². The third-order valence-corrected chi connectivity index (χ3v) is 3.96. The fourth-order valence-electron chi connectivity index (χ4n) is 3.19. The molecule has 0 bridgehead atoms. The van der Waals surface area contributed by atoms with Gasteiger partial charge in [0, 0.05) is 0 Å². The standard InChI is InChI=1S/C18H20O/c1-18(2)11-14(10-15(19)12-18)17-9-5-7-13-6-3-4-8-16(13)17/h3-10,15,19H,11-12H2,1-2H3. The predicted octanol–water partition coefficient (Wildman–Crippen LogP) is 4.40. The van der Waals surface area contributed by atoms with Crippen molar-refractivity contribution in [3.63, 3.8) is 0 Å². The number of aliphatic hydroxyl groups excluding tert-OH is 1. The van der Waals surface area contributed by atoms with Crippen molar-refractivity contribution in [3.05, 3.63) is 54.1 Å². The Labute approximate surface area is 114 Å². The Bertz CT molecular complexity index is 632. The molecule has 1 nitrogen and oxygen atoms in total. The summed E-state index contributed by atoms with van der Waals surface area (Å²) >= 11 is 0. The number of rotatable bonds is 1. The van der Waals surface area contributed by atoms with Crippen LogP contribution in [0, 0.1) is 5.41 Å². The Kier molecular flexibility index (Phi) is 2.94. The van der Waals surface area contributed by atoms with Crippen molar-refractivity contribution in [1.29, 1.82) is 0 Å². The van der Waals surface area contributed by atoms with Crippen molar-refractivity contribution in [2.45, 2.75) is 32.8 Å². The van der Waals surface area contributed by atoms with Crippen LogP contribution in [0.3, 0.4) is 0 Å². The molecule has 98 valence electrons. The molecule has 1 unspecified atom stereocenters. The van der Waals surface area contributed by atoms with Crippen LogP contribution >= 0.6 is 0 Å². The normalized spacial score (nSPS) is 22.3. The summed E-state index contributed by atoms with van der Waals surface area (Å²) < 4.78 is 0. The Hall–Kier alpha value is -1.60. The molecule has 2 aromatic carbocycles. The summed E-state index contributed by atoms with van der Waals surface area (Å²) in [5.74, 6) is 0. The first-order valence-corrected chi connectivity index (χ1v) is 6.92. The van der Waals surface area contributed by atoms with Crippen molar-refractivity contribution in [2.24, 2.45) is 5.41 Å². The van der Waals surface area contributed by atoms with E-state index >= 15 is 0 Å². The van der Waals surface area contributed by atoms with Crippen LogP contribution in [0.1, 0.15) is 32.3 Å². The minimum Gasteiger partial charge on any atom is -0.389 e. The highest BCUT2D eigenvalue weighted by molar-refractivity contribution is 5.94. The van der Waals surface area contributed by atoms with Gasteiger partial charge in [-0.2, -0.15) is 0 Å². The van der Waals surface area contributed by atoms with Gasteiger partial charge in [-0.3, -0.25) is 0 Å². The highest BCUT2D eigenvalue weighted by atomic mass is 16.3. The summed E-state index contributed by atoms with van der Waals surface area (Å²) in [7, 11) is 0. The van der Waals surface area contributed by atoms with Crippen molar-refractivity contribution >= 4 is 16.3 Å². The molecule has 1 aliphatic rings. The fourth-order valence-corrected chi connectivity index (χ4v) is 3.19. The predicted molar refractivity (Wildman–Crippen MR) is 80.9 cm³/mol. The summed E-state index contributed by atoms with van der Waals surface area (Å²) in [6.07, 6.45) is 3.59. The fraction of sp³-hybridized carbons (Fsp3) is 0.333. The lowest BCUT2D eigenvalue weighted by molar-refractivity contribution is 0.146. The highest BCUT2D eigenvalue weighted by Crippen LogP contribution is 2.41. The highest BCUT2D eigenvalue weighted by Gasteiger charge is 2.28. The lowest BCUT2D eigenvalue weighted by Gasteiger charge is -2.33. The van der Waals surface area contributed by atoms with Crippen LogP contribution in [0.2, 0.25) is 0 Å². The van der Waals surface area contributed by atoms with Crippen LogP contribution in [0.25, 0.3) is 16.3 Å². The first kappa shape index (κ1) is 12.4. The Balaban J connectivity index is 2.14. The van der Waals surface area contributed by atoms with Gasteiger partial charge in [0.15, 0.2) is 0 Å². The number of hydrogen-bond donors (Lipinski definition) is 1. The number of benzene rings is 2. The molecule has 1 N–H and O–H groups in total. The van der Waals surface area contributed by atoms with Crippen molar-refractivity contribution in [2.75, 3.05) is 0 Å². The molecule has 3 rings (SSSR count). The van der Waals surface area contributed by atoms with Crippen LogP contribution < -0.4 is 0 Å². The van der Waals surface area contributed by atoms with E-state index in [1.807, 2.05) is 6.08 Å². The number of aliphatic hydroxyl groups is 1. The SMILES string of the molecule is CC1(C)CC(c2cccc3ccccc23)=CC(O)C1. The smallest absolute Gasteiger partial charge is 0.0732 e. The number of allylic oxidation sites excluding steroid dienone is 1. The molecule has 0 saturated heterocycles. The quantitative estimate of drug-likeness (QED) is 0.797. The zero-order valence-corrected chi connectivity index (χ0v) is 11.6. The van der Waals surface area contributed by atoms with E-state index in [0.29, 0.717) is 0 Å². The summed E-state index contributed by atoms with van der Waals surface area (Å²) in [6, 6.07) is 14.9. The van der Waals surface area contributed by atoms with E-state index in [0.717, 1.165) is 12.8 Å². The van der Waals surface area contributed by atoms with E-state index in [9.17, 15) is 5.11 Å². The van der Waals surface area contributed by atoms with E-state index in [-0.39, 0.29) is 11.5 Å². The van der Waals surface area contributed by atoms with Crippen molar-refractivity contribution in [1.82, 2.24) is 0 Å². The van der Waals surface area contributed by atoms with Gasteiger partial charge in [0.2, 0.25) is 0 Å². The summed E-state index contributed by atoms with van der Waals surface area (Å²) in [6.45, 7) is 4.46. The molecular formula is C18H20O. The monoisotopic (exact) mass is 252 g/mol. The van der Waals surface area contributed by atoms with E-state index < -0.39 is 0 Å². The molecule has 0 aliphatic heterocycles.